The van der Waals surface area contributed by atoms with Gasteiger partial charge in [0.25, 0.3) is 0 Å². The maximum atomic E-state index is 14.0. The van der Waals surface area contributed by atoms with Crippen LogP contribution in [0.3, 0.4) is 0 Å². The molecule has 0 aliphatic carbocycles. The third-order valence-electron chi connectivity index (χ3n) is 3.20. The van der Waals surface area contributed by atoms with E-state index in [1.165, 1.54) is 12.1 Å². The molecule has 0 radical (unpaired) electrons. The number of nitrogens with one attached hydrogen (secondary N) is 1. The van der Waals surface area contributed by atoms with Crippen LogP contribution < -0.4 is 5.32 Å². The number of benzene rings is 1. The molecule has 1 aromatic rings. The quantitative estimate of drug-likeness (QED) is 0.724. The average Bonchev–Trinajstić information content (AvgIpc) is 2.44. The number of carbonyl (C=O) groups excluding carboxylic acids is 1. The minimum absolute atomic E-state index is 0.117. The predicted molar refractivity (Wildman–Crippen MR) is 92.0 cm³/mol. The molecule has 0 spiro atoms. The number of anilines is 1. The standard InChI is InChI=1S/C16H21ClFNO2S/c1-4-6-10(3)16(20)19-14-7-11(8-15(22)21-5-2)12(17)9-13(14)18/h7,9-10H,4-6,8H2,1-3H3,(H,19,20). The first-order chi connectivity index (χ1) is 10.4. The van der Waals surface area contributed by atoms with E-state index in [2.05, 4.69) is 5.32 Å². The third kappa shape index (κ3) is 5.54. The second-order valence-corrected chi connectivity index (χ2v) is 5.95. The van der Waals surface area contributed by atoms with Gasteiger partial charge in [0.2, 0.25) is 5.91 Å². The Balaban J connectivity index is 2.91. The van der Waals surface area contributed by atoms with Crippen LogP contribution in [0.15, 0.2) is 12.1 Å². The van der Waals surface area contributed by atoms with Gasteiger partial charge < -0.3 is 10.1 Å². The summed E-state index contributed by atoms with van der Waals surface area (Å²) in [4.78, 5) is 12.0. The molecular formula is C16H21ClFNO2S. The van der Waals surface area contributed by atoms with Gasteiger partial charge in [-0.15, -0.1) is 0 Å². The van der Waals surface area contributed by atoms with E-state index in [0.717, 1.165) is 12.8 Å². The van der Waals surface area contributed by atoms with Crippen molar-refractivity contribution in [3.63, 3.8) is 0 Å². The summed E-state index contributed by atoms with van der Waals surface area (Å²) in [5, 5.41) is 3.26. The molecule has 3 nitrogen and oxygen atoms in total. The highest BCUT2D eigenvalue weighted by molar-refractivity contribution is 7.80. The van der Waals surface area contributed by atoms with Gasteiger partial charge in [-0.1, -0.05) is 31.9 Å². The maximum Gasteiger partial charge on any atom is 0.227 e. The molecule has 0 fully saturated rings. The zero-order valence-corrected chi connectivity index (χ0v) is 14.6. The fourth-order valence-electron chi connectivity index (χ4n) is 2.01. The van der Waals surface area contributed by atoms with Crippen molar-refractivity contribution < 1.29 is 13.9 Å². The van der Waals surface area contributed by atoms with Gasteiger partial charge in [0, 0.05) is 17.4 Å². The molecule has 0 aliphatic rings. The predicted octanol–water partition coefficient (Wildman–Crippen LogP) is 4.76. The highest BCUT2D eigenvalue weighted by Gasteiger charge is 2.16. The summed E-state index contributed by atoms with van der Waals surface area (Å²) in [6, 6.07) is 2.70. The Bertz CT molecular complexity index is 551. The largest absolute Gasteiger partial charge is 0.487 e. The van der Waals surface area contributed by atoms with Gasteiger partial charge in [0.1, 0.15) is 5.82 Å². The van der Waals surface area contributed by atoms with Crippen LogP contribution in [0.25, 0.3) is 0 Å². The lowest BCUT2D eigenvalue weighted by Crippen LogP contribution is -2.21. The summed E-state index contributed by atoms with van der Waals surface area (Å²) in [6.45, 7) is 6.12. The molecule has 0 saturated carbocycles. The van der Waals surface area contributed by atoms with Crippen LogP contribution in [0, 0.1) is 11.7 Å². The van der Waals surface area contributed by atoms with E-state index in [9.17, 15) is 9.18 Å². The van der Waals surface area contributed by atoms with E-state index in [1.807, 2.05) is 20.8 Å². The number of amides is 1. The second-order valence-electron chi connectivity index (χ2n) is 5.08. The van der Waals surface area contributed by atoms with Gasteiger partial charge >= 0.3 is 0 Å². The van der Waals surface area contributed by atoms with Crippen LogP contribution in [0.4, 0.5) is 10.1 Å². The Morgan fingerprint density at radius 3 is 2.73 bits per heavy atom. The average molecular weight is 346 g/mol. The molecule has 22 heavy (non-hydrogen) atoms. The normalized spacial score (nSPS) is 11.9. The van der Waals surface area contributed by atoms with E-state index >= 15 is 0 Å². The molecule has 1 N–H and O–H groups in total. The van der Waals surface area contributed by atoms with Gasteiger partial charge in [0.15, 0.2) is 5.05 Å². The van der Waals surface area contributed by atoms with Crippen LogP contribution in [0.1, 0.15) is 39.2 Å². The van der Waals surface area contributed by atoms with Gasteiger partial charge in [-0.3, -0.25) is 4.79 Å². The maximum absolute atomic E-state index is 14.0. The van der Waals surface area contributed by atoms with E-state index < -0.39 is 5.82 Å². The number of hydrogen-bond donors (Lipinski definition) is 1. The monoisotopic (exact) mass is 345 g/mol. The van der Waals surface area contributed by atoms with Crippen molar-refractivity contribution in [3.8, 4) is 0 Å². The first-order valence-electron chi connectivity index (χ1n) is 7.33. The van der Waals surface area contributed by atoms with Crippen LogP contribution >= 0.6 is 23.8 Å². The molecule has 0 aromatic heterocycles. The van der Waals surface area contributed by atoms with Gasteiger partial charge in [0.05, 0.1) is 12.3 Å². The number of rotatable bonds is 7. The Hall–Kier alpha value is -1.20. The zero-order valence-electron chi connectivity index (χ0n) is 13.0. The Labute approximate surface area is 141 Å². The lowest BCUT2D eigenvalue weighted by molar-refractivity contribution is -0.119. The molecule has 6 heteroatoms. The fourth-order valence-corrected chi connectivity index (χ4v) is 2.50. The number of carbonyl (C=O) groups is 1. The molecule has 0 saturated heterocycles. The van der Waals surface area contributed by atoms with Crippen molar-refractivity contribution in [1.82, 2.24) is 0 Å². The molecule has 1 atom stereocenters. The first kappa shape index (κ1) is 18.8. The van der Waals surface area contributed by atoms with Gasteiger partial charge in [-0.2, -0.15) is 0 Å². The smallest absolute Gasteiger partial charge is 0.227 e. The van der Waals surface area contributed by atoms with E-state index in [4.69, 9.17) is 28.6 Å². The topological polar surface area (TPSA) is 38.3 Å². The van der Waals surface area contributed by atoms with Gasteiger partial charge in [-0.05, 0) is 43.3 Å². The molecule has 1 unspecified atom stereocenters. The van der Waals surface area contributed by atoms with Crippen molar-refractivity contribution in [3.05, 3.63) is 28.5 Å². The highest BCUT2D eigenvalue weighted by Crippen LogP contribution is 2.26. The van der Waals surface area contributed by atoms with Crippen molar-refractivity contribution >= 4 is 40.5 Å². The Kier molecular flexibility index (Phi) is 7.76. The van der Waals surface area contributed by atoms with Crippen molar-refractivity contribution in [2.45, 2.75) is 40.0 Å². The van der Waals surface area contributed by atoms with Crippen LogP contribution in [0.2, 0.25) is 5.02 Å². The van der Waals surface area contributed by atoms with Crippen molar-refractivity contribution in [2.75, 3.05) is 11.9 Å². The first-order valence-corrected chi connectivity index (χ1v) is 8.12. The molecule has 1 aromatic carbocycles. The second kappa shape index (κ2) is 9.06. The summed E-state index contributed by atoms with van der Waals surface area (Å²) in [5.41, 5.74) is 0.742. The third-order valence-corrected chi connectivity index (χ3v) is 3.82. The lowest BCUT2D eigenvalue weighted by atomic mass is 10.0. The summed E-state index contributed by atoms with van der Waals surface area (Å²) >= 11 is 11.1. The Morgan fingerprint density at radius 2 is 2.14 bits per heavy atom. The zero-order chi connectivity index (χ0) is 16.7. The number of halogens is 2. The molecular weight excluding hydrogens is 325 g/mol. The highest BCUT2D eigenvalue weighted by atomic mass is 35.5. The Morgan fingerprint density at radius 1 is 1.45 bits per heavy atom. The fraction of sp³-hybridized carbons (Fsp3) is 0.500. The number of hydrogen-bond acceptors (Lipinski definition) is 3. The van der Waals surface area contributed by atoms with E-state index in [-0.39, 0.29) is 22.5 Å². The molecule has 0 heterocycles. The van der Waals surface area contributed by atoms with Crippen molar-refractivity contribution in [1.29, 1.82) is 0 Å². The number of ether oxygens (including phenoxy) is 1. The van der Waals surface area contributed by atoms with Gasteiger partial charge in [-0.25, -0.2) is 4.39 Å². The summed E-state index contributed by atoms with van der Waals surface area (Å²) < 4.78 is 19.2. The summed E-state index contributed by atoms with van der Waals surface area (Å²) in [7, 11) is 0. The van der Waals surface area contributed by atoms with Crippen LogP contribution in [0.5, 0.6) is 0 Å². The molecule has 122 valence electrons. The number of thiocarbonyl (C=S) groups is 1. The molecule has 0 aliphatic heterocycles. The van der Waals surface area contributed by atoms with Crippen molar-refractivity contribution in [2.24, 2.45) is 5.92 Å². The van der Waals surface area contributed by atoms with E-state index in [0.29, 0.717) is 23.6 Å². The minimum Gasteiger partial charge on any atom is -0.487 e. The molecule has 1 amide bonds. The summed E-state index contributed by atoms with van der Waals surface area (Å²) in [6.07, 6.45) is 1.95. The molecule has 0 bridgehead atoms. The van der Waals surface area contributed by atoms with Crippen LogP contribution in [-0.4, -0.2) is 17.6 Å². The minimum atomic E-state index is -0.562. The SMILES string of the molecule is CCCC(C)C(=O)Nc1cc(CC(=S)OCC)c(Cl)cc1F. The molecule has 1 rings (SSSR count). The lowest BCUT2D eigenvalue weighted by Gasteiger charge is -2.14. The van der Waals surface area contributed by atoms with Crippen LogP contribution in [-0.2, 0) is 16.0 Å². The summed E-state index contributed by atoms with van der Waals surface area (Å²) in [5.74, 6) is -0.942. The van der Waals surface area contributed by atoms with E-state index in [1.54, 1.807) is 0 Å².